The second-order valence-electron chi connectivity index (χ2n) is 5.24. The maximum atomic E-state index is 2.20. The molecule has 0 aliphatic heterocycles. The standard InChI is InChI=1S/C10H15.C8H7.Fe/c1-6-7(2)9(4)10(5)8(6)3;1-3-7-5-2-6-8(7)4-1;/h1-5H3;1-5H,6H2;/q-1;-5;. The summed E-state index contributed by atoms with van der Waals surface area (Å²) in [5, 5.41) is 0. The van der Waals surface area contributed by atoms with Crippen LogP contribution in [0.5, 0.6) is 0 Å². The van der Waals surface area contributed by atoms with Crippen molar-refractivity contribution in [3.63, 3.8) is 0 Å². The van der Waals surface area contributed by atoms with E-state index < -0.39 is 0 Å². The monoisotopic (exact) mass is 294 g/mol. The van der Waals surface area contributed by atoms with Crippen LogP contribution in [0.1, 0.15) is 38.9 Å². The molecule has 0 fully saturated rings. The molecule has 0 unspecified atom stereocenters. The Labute approximate surface area is 127 Å². The molecule has 0 nitrogen and oxygen atoms in total. The number of hydrogen-bond donors (Lipinski definition) is 0. The summed E-state index contributed by atoms with van der Waals surface area (Å²) in [6.45, 7) is 11.0. The second kappa shape index (κ2) is 6.41. The van der Waals surface area contributed by atoms with E-state index in [1.54, 1.807) is 0 Å². The zero-order valence-corrected chi connectivity index (χ0v) is 13.6. The van der Waals surface area contributed by atoms with Crippen molar-refractivity contribution in [2.45, 2.75) is 41.0 Å². The molecular formula is C18H22Fe-6. The molecule has 2 aromatic rings. The third-order valence-corrected chi connectivity index (χ3v) is 4.39. The Morgan fingerprint density at radius 3 is 2.00 bits per heavy atom. The van der Waals surface area contributed by atoms with Gasteiger partial charge in [-0.2, -0.15) is 27.8 Å². The van der Waals surface area contributed by atoms with Crippen molar-refractivity contribution in [3.8, 4) is 0 Å². The Morgan fingerprint density at radius 2 is 1.58 bits per heavy atom. The average Bonchev–Trinajstić information content (AvgIpc) is 3.01. The zero-order valence-electron chi connectivity index (χ0n) is 12.4. The van der Waals surface area contributed by atoms with Crippen molar-refractivity contribution in [2.75, 3.05) is 0 Å². The molecule has 1 aliphatic carbocycles. The van der Waals surface area contributed by atoms with Crippen LogP contribution < -0.4 is 0 Å². The maximum absolute atomic E-state index is 2.20. The van der Waals surface area contributed by atoms with Gasteiger partial charge in [-0.1, -0.05) is 34.6 Å². The van der Waals surface area contributed by atoms with Gasteiger partial charge < -0.3 is 41.5 Å². The molecule has 0 heterocycles. The molecule has 0 saturated carbocycles. The molecule has 0 N–H and O–H groups in total. The minimum absolute atomic E-state index is 0. The summed E-state index contributed by atoms with van der Waals surface area (Å²) >= 11 is 0. The van der Waals surface area contributed by atoms with Crippen molar-refractivity contribution >= 4 is 6.08 Å². The van der Waals surface area contributed by atoms with E-state index in [-0.39, 0.29) is 17.1 Å². The topological polar surface area (TPSA) is 0 Å². The molecular weight excluding hydrogens is 272 g/mol. The van der Waals surface area contributed by atoms with Crippen molar-refractivity contribution in [2.24, 2.45) is 0 Å². The molecule has 0 amide bonds. The molecule has 0 spiro atoms. The van der Waals surface area contributed by atoms with Crippen LogP contribution in [0, 0.1) is 34.6 Å². The SMILES string of the molecule is C1=C[c-]2[cH-][cH-][cH-][c-]2C1.Cc1c(C)c(C)[c-](C)c1C.[Fe]. The minimum Gasteiger partial charge on any atom is -0.685 e. The first-order valence-corrected chi connectivity index (χ1v) is 6.63. The molecule has 19 heavy (non-hydrogen) atoms. The fraction of sp³-hybridized carbons (Fsp3) is 0.333. The third kappa shape index (κ3) is 3.11. The molecule has 0 aromatic heterocycles. The predicted octanol–water partition coefficient (Wildman–Crippen LogP) is 4.92. The first kappa shape index (κ1) is 16.0. The molecule has 108 valence electrons. The van der Waals surface area contributed by atoms with Crippen LogP contribution in [-0.4, -0.2) is 0 Å². The zero-order chi connectivity index (χ0) is 13.3. The van der Waals surface area contributed by atoms with E-state index in [9.17, 15) is 0 Å². The fourth-order valence-corrected chi connectivity index (χ4v) is 2.54. The Balaban J connectivity index is 0.000000183. The predicted molar refractivity (Wildman–Crippen MR) is 80.5 cm³/mol. The van der Waals surface area contributed by atoms with Crippen LogP contribution in [0.15, 0.2) is 24.3 Å². The average molecular weight is 294 g/mol. The number of rotatable bonds is 0. The summed E-state index contributed by atoms with van der Waals surface area (Å²) in [4.78, 5) is 0. The number of fused-ring (bicyclic) bond motifs is 1. The Bertz CT molecular complexity index is 499. The van der Waals surface area contributed by atoms with Crippen LogP contribution in [0.25, 0.3) is 6.08 Å². The molecule has 0 saturated heterocycles. The normalized spacial score (nSPS) is 11.6. The number of hydrogen-bond acceptors (Lipinski definition) is 0. The summed E-state index contributed by atoms with van der Waals surface area (Å²) in [6.07, 6.45) is 5.52. The van der Waals surface area contributed by atoms with Gasteiger partial charge in [0.15, 0.2) is 0 Å². The van der Waals surface area contributed by atoms with Gasteiger partial charge in [0.25, 0.3) is 0 Å². The molecule has 2 aromatic carbocycles. The molecule has 0 radical (unpaired) electrons. The van der Waals surface area contributed by atoms with Gasteiger partial charge in [0.05, 0.1) is 0 Å². The van der Waals surface area contributed by atoms with E-state index in [0.717, 1.165) is 6.42 Å². The summed E-state index contributed by atoms with van der Waals surface area (Å²) < 4.78 is 0. The summed E-state index contributed by atoms with van der Waals surface area (Å²) in [5.41, 5.74) is 10.2. The van der Waals surface area contributed by atoms with Gasteiger partial charge in [0, 0.05) is 17.1 Å². The Morgan fingerprint density at radius 1 is 1.00 bits per heavy atom. The van der Waals surface area contributed by atoms with E-state index >= 15 is 0 Å². The minimum atomic E-state index is 0. The van der Waals surface area contributed by atoms with Crippen molar-refractivity contribution < 1.29 is 17.1 Å². The second-order valence-corrected chi connectivity index (χ2v) is 5.24. The maximum Gasteiger partial charge on any atom is 0 e. The van der Waals surface area contributed by atoms with Crippen LogP contribution in [0.4, 0.5) is 0 Å². The third-order valence-electron chi connectivity index (χ3n) is 4.39. The van der Waals surface area contributed by atoms with Crippen LogP contribution in [-0.2, 0) is 23.5 Å². The quantitative estimate of drug-likeness (QED) is 0.478. The van der Waals surface area contributed by atoms with E-state index in [2.05, 4.69) is 65.0 Å². The van der Waals surface area contributed by atoms with Gasteiger partial charge in [-0.3, -0.25) is 6.42 Å². The van der Waals surface area contributed by atoms with Crippen LogP contribution >= 0.6 is 0 Å². The molecule has 1 aliphatic rings. The first-order chi connectivity index (χ1) is 8.52. The fourth-order valence-electron chi connectivity index (χ4n) is 2.54. The van der Waals surface area contributed by atoms with E-state index in [0.29, 0.717) is 0 Å². The van der Waals surface area contributed by atoms with Gasteiger partial charge >= 0.3 is 0 Å². The summed E-state index contributed by atoms with van der Waals surface area (Å²) in [5.74, 6) is 0. The van der Waals surface area contributed by atoms with Gasteiger partial charge in [-0.05, 0) is 0 Å². The van der Waals surface area contributed by atoms with Crippen LogP contribution in [0.2, 0.25) is 0 Å². The van der Waals surface area contributed by atoms with E-state index in [1.807, 2.05) is 0 Å². The Kier molecular flexibility index (Phi) is 5.40. The van der Waals surface area contributed by atoms with Crippen molar-refractivity contribution in [3.05, 3.63) is 63.2 Å². The van der Waals surface area contributed by atoms with Gasteiger partial charge in [-0.15, -0.1) is 0 Å². The largest absolute Gasteiger partial charge is 0.685 e. The summed E-state index contributed by atoms with van der Waals surface area (Å²) in [7, 11) is 0. The molecule has 3 rings (SSSR count). The Hall–Kier alpha value is -1.04. The number of allylic oxidation sites excluding steroid dienone is 1. The summed E-state index contributed by atoms with van der Waals surface area (Å²) in [6, 6.07) is 6.43. The molecule has 1 heteroatoms. The van der Waals surface area contributed by atoms with Gasteiger partial charge in [0.2, 0.25) is 0 Å². The first-order valence-electron chi connectivity index (χ1n) is 6.63. The van der Waals surface area contributed by atoms with Gasteiger partial charge in [-0.25, -0.2) is 0 Å². The van der Waals surface area contributed by atoms with E-state index in [4.69, 9.17) is 0 Å². The van der Waals surface area contributed by atoms with Gasteiger partial charge in [0.1, 0.15) is 0 Å². The van der Waals surface area contributed by atoms with E-state index in [1.165, 1.54) is 38.9 Å². The van der Waals surface area contributed by atoms with Crippen LogP contribution in [0.3, 0.4) is 0 Å². The van der Waals surface area contributed by atoms with Crippen molar-refractivity contribution in [1.29, 1.82) is 0 Å². The molecule has 0 bridgehead atoms. The molecule has 0 atom stereocenters. The van der Waals surface area contributed by atoms with Crippen molar-refractivity contribution in [1.82, 2.24) is 0 Å². The smallest absolute Gasteiger partial charge is 0 e.